The zero-order chi connectivity index (χ0) is 17.3. The lowest BCUT2D eigenvalue weighted by molar-refractivity contribution is -0.125. The standard InChI is InChI=1S/C18H16F2N2O2/c1-21-17(23)16-8-11-4-2-3-5-12(11)10-22(16)18(24)13-6-14(19)9-15(20)7-13/h2-7,9,16H,8,10H2,1H3,(H,21,23). The van der Waals surface area contributed by atoms with Gasteiger partial charge in [0.15, 0.2) is 0 Å². The Hall–Kier alpha value is -2.76. The third-order valence-electron chi connectivity index (χ3n) is 4.17. The highest BCUT2D eigenvalue weighted by atomic mass is 19.1. The summed E-state index contributed by atoms with van der Waals surface area (Å²) in [5.41, 5.74) is 1.80. The van der Waals surface area contributed by atoms with Crippen LogP contribution in [0.15, 0.2) is 42.5 Å². The zero-order valence-electron chi connectivity index (χ0n) is 13.1. The summed E-state index contributed by atoms with van der Waals surface area (Å²) in [6, 6.07) is 9.46. The third kappa shape index (κ3) is 2.99. The predicted molar refractivity (Wildman–Crippen MR) is 84.2 cm³/mol. The number of fused-ring (bicyclic) bond motifs is 1. The van der Waals surface area contributed by atoms with Gasteiger partial charge < -0.3 is 10.2 Å². The van der Waals surface area contributed by atoms with Crippen LogP contribution in [-0.2, 0) is 17.8 Å². The molecule has 1 aliphatic rings. The molecule has 0 radical (unpaired) electrons. The molecule has 0 fully saturated rings. The number of nitrogens with zero attached hydrogens (tertiary/aromatic N) is 1. The van der Waals surface area contributed by atoms with E-state index in [-0.39, 0.29) is 18.0 Å². The fraction of sp³-hybridized carbons (Fsp3) is 0.222. The van der Waals surface area contributed by atoms with Gasteiger partial charge in [-0.05, 0) is 23.3 Å². The second-order valence-electron chi connectivity index (χ2n) is 5.69. The van der Waals surface area contributed by atoms with Gasteiger partial charge >= 0.3 is 0 Å². The summed E-state index contributed by atoms with van der Waals surface area (Å²) in [4.78, 5) is 26.3. The number of carbonyl (C=O) groups excluding carboxylic acids is 2. The number of carbonyl (C=O) groups is 2. The van der Waals surface area contributed by atoms with Gasteiger partial charge in [-0.2, -0.15) is 0 Å². The van der Waals surface area contributed by atoms with Crippen LogP contribution < -0.4 is 5.32 Å². The quantitative estimate of drug-likeness (QED) is 0.918. The highest BCUT2D eigenvalue weighted by Gasteiger charge is 2.34. The largest absolute Gasteiger partial charge is 0.357 e. The Morgan fingerprint density at radius 2 is 1.71 bits per heavy atom. The number of likely N-dealkylation sites (N-methyl/N-ethyl adjacent to an activating group) is 1. The summed E-state index contributed by atoms with van der Waals surface area (Å²) in [5, 5.41) is 2.54. The number of halogens is 2. The molecule has 2 aromatic rings. The normalized spacial score (nSPS) is 16.5. The lowest BCUT2D eigenvalue weighted by Crippen LogP contribution is -2.52. The van der Waals surface area contributed by atoms with Crippen LogP contribution in [0.4, 0.5) is 8.78 Å². The van der Waals surface area contributed by atoms with Crippen molar-refractivity contribution < 1.29 is 18.4 Å². The molecule has 6 heteroatoms. The monoisotopic (exact) mass is 330 g/mol. The maximum Gasteiger partial charge on any atom is 0.255 e. The Kier molecular flexibility index (Phi) is 4.29. The van der Waals surface area contributed by atoms with Crippen molar-refractivity contribution in [1.82, 2.24) is 10.2 Å². The molecule has 1 aliphatic heterocycles. The third-order valence-corrected chi connectivity index (χ3v) is 4.17. The van der Waals surface area contributed by atoms with Crippen LogP contribution in [0.5, 0.6) is 0 Å². The predicted octanol–water partition coefficient (Wildman–Crippen LogP) is 2.28. The average Bonchev–Trinajstić information content (AvgIpc) is 2.58. The van der Waals surface area contributed by atoms with E-state index in [0.717, 1.165) is 23.3 Å². The zero-order valence-corrected chi connectivity index (χ0v) is 13.1. The summed E-state index contributed by atoms with van der Waals surface area (Å²) < 4.78 is 26.9. The molecule has 4 nitrogen and oxygen atoms in total. The molecular weight excluding hydrogens is 314 g/mol. The molecule has 0 bridgehead atoms. The lowest BCUT2D eigenvalue weighted by atomic mass is 9.93. The first-order valence-corrected chi connectivity index (χ1v) is 7.55. The van der Waals surface area contributed by atoms with Crippen molar-refractivity contribution >= 4 is 11.8 Å². The van der Waals surface area contributed by atoms with Crippen LogP contribution in [0.2, 0.25) is 0 Å². The fourth-order valence-corrected chi connectivity index (χ4v) is 2.98. The molecule has 1 N–H and O–H groups in total. The molecule has 1 heterocycles. The van der Waals surface area contributed by atoms with E-state index in [1.54, 1.807) is 0 Å². The van der Waals surface area contributed by atoms with Gasteiger partial charge in [-0.15, -0.1) is 0 Å². The van der Waals surface area contributed by atoms with Crippen molar-refractivity contribution in [2.75, 3.05) is 7.05 Å². The Bertz CT molecular complexity index is 787. The molecule has 3 rings (SSSR count). The van der Waals surface area contributed by atoms with E-state index in [2.05, 4.69) is 5.32 Å². The van der Waals surface area contributed by atoms with Crippen LogP contribution in [0.1, 0.15) is 21.5 Å². The van der Waals surface area contributed by atoms with Crippen LogP contribution in [0.25, 0.3) is 0 Å². The number of hydrogen-bond acceptors (Lipinski definition) is 2. The molecule has 1 atom stereocenters. The number of rotatable bonds is 2. The fourth-order valence-electron chi connectivity index (χ4n) is 2.98. The molecule has 1 unspecified atom stereocenters. The first kappa shape index (κ1) is 16.1. The van der Waals surface area contributed by atoms with Crippen molar-refractivity contribution in [2.24, 2.45) is 0 Å². The van der Waals surface area contributed by atoms with Gasteiger partial charge in [-0.25, -0.2) is 8.78 Å². The maximum absolute atomic E-state index is 13.4. The molecule has 124 valence electrons. The van der Waals surface area contributed by atoms with E-state index in [1.807, 2.05) is 24.3 Å². The number of nitrogens with one attached hydrogen (secondary N) is 1. The summed E-state index contributed by atoms with van der Waals surface area (Å²) in [6.07, 6.45) is 0.361. The lowest BCUT2D eigenvalue weighted by Gasteiger charge is -2.35. The molecule has 0 saturated carbocycles. The molecule has 24 heavy (non-hydrogen) atoms. The van der Waals surface area contributed by atoms with Crippen molar-refractivity contribution in [2.45, 2.75) is 19.0 Å². The van der Waals surface area contributed by atoms with Crippen LogP contribution in [0, 0.1) is 11.6 Å². The minimum atomic E-state index is -0.827. The molecule has 0 spiro atoms. The van der Waals surface area contributed by atoms with Gasteiger partial charge in [0.25, 0.3) is 5.91 Å². The molecular formula is C18H16F2N2O2. The van der Waals surface area contributed by atoms with Crippen molar-refractivity contribution in [3.63, 3.8) is 0 Å². The highest BCUT2D eigenvalue weighted by molar-refractivity contribution is 5.98. The highest BCUT2D eigenvalue weighted by Crippen LogP contribution is 2.25. The number of hydrogen-bond donors (Lipinski definition) is 1. The van der Waals surface area contributed by atoms with Gasteiger partial charge in [0, 0.05) is 31.6 Å². The molecule has 0 aromatic heterocycles. The topological polar surface area (TPSA) is 49.4 Å². The maximum atomic E-state index is 13.4. The Balaban J connectivity index is 1.99. The Morgan fingerprint density at radius 1 is 1.08 bits per heavy atom. The van der Waals surface area contributed by atoms with Gasteiger partial charge in [-0.3, -0.25) is 9.59 Å². The van der Waals surface area contributed by atoms with E-state index in [1.165, 1.54) is 11.9 Å². The second kappa shape index (κ2) is 6.39. The molecule has 2 amide bonds. The molecule has 2 aromatic carbocycles. The molecule has 0 aliphatic carbocycles. The number of amides is 2. The van der Waals surface area contributed by atoms with Crippen LogP contribution >= 0.6 is 0 Å². The minimum Gasteiger partial charge on any atom is -0.357 e. The van der Waals surface area contributed by atoms with E-state index in [0.29, 0.717) is 12.5 Å². The first-order valence-electron chi connectivity index (χ1n) is 7.55. The first-order chi connectivity index (χ1) is 11.5. The van der Waals surface area contributed by atoms with E-state index >= 15 is 0 Å². The van der Waals surface area contributed by atoms with Crippen LogP contribution in [0.3, 0.4) is 0 Å². The SMILES string of the molecule is CNC(=O)C1Cc2ccccc2CN1C(=O)c1cc(F)cc(F)c1. The molecule has 0 saturated heterocycles. The summed E-state index contributed by atoms with van der Waals surface area (Å²) in [7, 11) is 1.49. The van der Waals surface area contributed by atoms with Gasteiger partial charge in [-0.1, -0.05) is 24.3 Å². The van der Waals surface area contributed by atoms with Gasteiger partial charge in [0.2, 0.25) is 5.91 Å². The van der Waals surface area contributed by atoms with Crippen molar-refractivity contribution in [1.29, 1.82) is 0 Å². The smallest absolute Gasteiger partial charge is 0.255 e. The number of benzene rings is 2. The van der Waals surface area contributed by atoms with E-state index in [9.17, 15) is 18.4 Å². The average molecular weight is 330 g/mol. The van der Waals surface area contributed by atoms with Gasteiger partial charge in [0.05, 0.1) is 0 Å². The van der Waals surface area contributed by atoms with Crippen LogP contribution in [-0.4, -0.2) is 29.8 Å². The van der Waals surface area contributed by atoms with Crippen molar-refractivity contribution in [3.8, 4) is 0 Å². The van der Waals surface area contributed by atoms with E-state index < -0.39 is 23.6 Å². The summed E-state index contributed by atoms with van der Waals surface area (Å²) in [5.74, 6) is -2.54. The summed E-state index contributed by atoms with van der Waals surface area (Å²) >= 11 is 0. The Labute approximate surface area is 138 Å². The van der Waals surface area contributed by atoms with E-state index in [4.69, 9.17) is 0 Å². The minimum absolute atomic E-state index is 0.110. The Morgan fingerprint density at radius 3 is 2.33 bits per heavy atom. The summed E-state index contributed by atoms with van der Waals surface area (Å²) in [6.45, 7) is 0.214. The van der Waals surface area contributed by atoms with Gasteiger partial charge in [0.1, 0.15) is 17.7 Å². The van der Waals surface area contributed by atoms with Crippen molar-refractivity contribution in [3.05, 3.63) is 70.8 Å². The second-order valence-corrected chi connectivity index (χ2v) is 5.69.